The van der Waals surface area contributed by atoms with Crippen LogP contribution in [0.5, 0.6) is 0 Å². The minimum Gasteiger partial charge on any atom is -0.356 e. The molecule has 29 heavy (non-hydrogen) atoms. The third-order valence-electron chi connectivity index (χ3n) is 4.29. The first-order chi connectivity index (χ1) is 14.0. The molecule has 9 heteroatoms. The third kappa shape index (κ3) is 4.20. The molecule has 148 valence electrons. The Labute approximate surface area is 174 Å². The fourth-order valence-electron chi connectivity index (χ4n) is 2.91. The Bertz CT molecular complexity index is 1180. The molecule has 0 bridgehead atoms. The summed E-state index contributed by atoms with van der Waals surface area (Å²) in [5.41, 5.74) is 1.47. The van der Waals surface area contributed by atoms with Gasteiger partial charge in [-0.05, 0) is 36.7 Å². The van der Waals surface area contributed by atoms with Crippen LogP contribution in [-0.2, 0) is 11.3 Å². The summed E-state index contributed by atoms with van der Waals surface area (Å²) in [6, 6.07) is 10.8. The number of amides is 1. The maximum absolute atomic E-state index is 12.7. The molecule has 7 nitrogen and oxygen atoms in total. The van der Waals surface area contributed by atoms with Crippen molar-refractivity contribution in [2.24, 2.45) is 0 Å². The third-order valence-corrected chi connectivity index (χ3v) is 6.22. The molecule has 0 spiro atoms. The fraction of sp³-hybridized carbons (Fsp3) is 0.200. The molecule has 4 aromatic rings. The monoisotopic (exact) mass is 426 g/mol. The first kappa shape index (κ1) is 19.3. The van der Waals surface area contributed by atoms with Gasteiger partial charge in [0.05, 0.1) is 22.2 Å². The van der Waals surface area contributed by atoms with Crippen LogP contribution >= 0.6 is 22.7 Å². The van der Waals surface area contributed by atoms with E-state index in [9.17, 15) is 9.59 Å². The van der Waals surface area contributed by atoms with E-state index in [0.717, 1.165) is 9.75 Å². The van der Waals surface area contributed by atoms with E-state index in [2.05, 4.69) is 15.6 Å². The molecular weight excluding hydrogens is 408 g/mol. The van der Waals surface area contributed by atoms with Crippen molar-refractivity contribution < 1.29 is 9.32 Å². The van der Waals surface area contributed by atoms with Crippen LogP contribution in [0.4, 0.5) is 0 Å². The standard InChI is InChI=1S/C20H18N4O3S2/c1-12-9-15(27-23-12)14-10-19(26)24(22-20(14)17-6-4-8-29-17)11-18(25)21-13(2)16-5-3-7-28-16/h3-10,13H,11H2,1-2H3,(H,21,25). The van der Waals surface area contributed by atoms with Crippen molar-refractivity contribution >= 4 is 28.6 Å². The van der Waals surface area contributed by atoms with E-state index in [-0.39, 0.29) is 24.1 Å². The van der Waals surface area contributed by atoms with Crippen LogP contribution in [0.3, 0.4) is 0 Å². The number of nitrogens with one attached hydrogen (secondary N) is 1. The summed E-state index contributed by atoms with van der Waals surface area (Å²) in [6.45, 7) is 3.56. The van der Waals surface area contributed by atoms with Gasteiger partial charge in [0.15, 0.2) is 5.76 Å². The molecule has 1 unspecified atom stereocenters. The largest absolute Gasteiger partial charge is 0.356 e. The molecule has 4 heterocycles. The SMILES string of the molecule is Cc1cc(-c2cc(=O)n(CC(=O)NC(C)c3cccs3)nc2-c2cccs2)on1. The Morgan fingerprint density at radius 3 is 2.69 bits per heavy atom. The minimum atomic E-state index is -0.381. The predicted molar refractivity (Wildman–Crippen MR) is 113 cm³/mol. The first-order valence-electron chi connectivity index (χ1n) is 8.94. The van der Waals surface area contributed by atoms with E-state index in [0.29, 0.717) is 22.7 Å². The number of carbonyl (C=O) groups is 1. The van der Waals surface area contributed by atoms with Crippen molar-refractivity contribution in [3.8, 4) is 21.9 Å². The van der Waals surface area contributed by atoms with Crippen LogP contribution < -0.4 is 10.9 Å². The number of hydrogen-bond donors (Lipinski definition) is 1. The first-order valence-corrected chi connectivity index (χ1v) is 10.7. The van der Waals surface area contributed by atoms with Crippen molar-refractivity contribution in [3.05, 3.63) is 68.1 Å². The van der Waals surface area contributed by atoms with Gasteiger partial charge in [0.2, 0.25) is 5.91 Å². The summed E-state index contributed by atoms with van der Waals surface area (Å²) >= 11 is 3.07. The van der Waals surface area contributed by atoms with Gasteiger partial charge in [0.25, 0.3) is 5.56 Å². The summed E-state index contributed by atoms with van der Waals surface area (Å²) in [7, 11) is 0. The number of carbonyl (C=O) groups excluding carboxylic acids is 1. The van der Waals surface area contributed by atoms with Gasteiger partial charge < -0.3 is 9.84 Å². The number of aromatic nitrogens is 3. The van der Waals surface area contributed by atoms with Gasteiger partial charge in [-0.25, -0.2) is 4.68 Å². The van der Waals surface area contributed by atoms with Crippen LogP contribution in [0.25, 0.3) is 21.9 Å². The normalized spacial score (nSPS) is 12.1. The average molecular weight is 427 g/mol. The maximum Gasteiger partial charge on any atom is 0.268 e. The van der Waals surface area contributed by atoms with Crippen molar-refractivity contribution in [1.82, 2.24) is 20.3 Å². The van der Waals surface area contributed by atoms with E-state index >= 15 is 0 Å². The fourth-order valence-corrected chi connectivity index (χ4v) is 4.37. The van der Waals surface area contributed by atoms with Crippen LogP contribution in [0, 0.1) is 6.92 Å². The highest BCUT2D eigenvalue weighted by Gasteiger charge is 2.19. The van der Waals surface area contributed by atoms with Crippen LogP contribution in [0.15, 0.2) is 56.5 Å². The molecule has 0 saturated heterocycles. The summed E-state index contributed by atoms with van der Waals surface area (Å²) in [4.78, 5) is 27.1. The number of thiophene rings is 2. The quantitative estimate of drug-likeness (QED) is 0.505. The summed E-state index contributed by atoms with van der Waals surface area (Å²) < 4.78 is 6.53. The highest BCUT2D eigenvalue weighted by atomic mass is 32.1. The molecule has 0 aliphatic rings. The summed E-state index contributed by atoms with van der Waals surface area (Å²) in [5.74, 6) is 0.194. The Morgan fingerprint density at radius 1 is 1.24 bits per heavy atom. The van der Waals surface area contributed by atoms with Crippen molar-refractivity contribution in [2.75, 3.05) is 0 Å². The molecular formula is C20H18N4O3S2. The van der Waals surface area contributed by atoms with E-state index in [4.69, 9.17) is 4.52 Å². The second kappa shape index (κ2) is 8.14. The zero-order valence-electron chi connectivity index (χ0n) is 15.8. The lowest BCUT2D eigenvalue weighted by Crippen LogP contribution is -2.34. The Balaban J connectivity index is 1.65. The minimum absolute atomic E-state index is 0.133. The molecule has 0 fully saturated rings. The summed E-state index contributed by atoms with van der Waals surface area (Å²) in [5, 5.41) is 15.2. The van der Waals surface area contributed by atoms with Gasteiger partial charge in [-0.2, -0.15) is 5.10 Å². The van der Waals surface area contributed by atoms with Gasteiger partial charge in [0, 0.05) is 17.0 Å². The molecule has 0 saturated carbocycles. The molecule has 0 aliphatic heterocycles. The Hall–Kier alpha value is -3.04. The highest BCUT2D eigenvalue weighted by molar-refractivity contribution is 7.13. The molecule has 0 radical (unpaired) electrons. The molecule has 4 aromatic heterocycles. The number of rotatable bonds is 6. The zero-order chi connectivity index (χ0) is 20.4. The zero-order valence-corrected chi connectivity index (χ0v) is 17.4. The van der Waals surface area contributed by atoms with Gasteiger partial charge in [-0.3, -0.25) is 9.59 Å². The van der Waals surface area contributed by atoms with Crippen LogP contribution in [-0.4, -0.2) is 20.8 Å². The smallest absolute Gasteiger partial charge is 0.268 e. The van der Waals surface area contributed by atoms with Gasteiger partial charge >= 0.3 is 0 Å². The second-order valence-electron chi connectivity index (χ2n) is 6.52. The van der Waals surface area contributed by atoms with Crippen molar-refractivity contribution in [3.63, 3.8) is 0 Å². The maximum atomic E-state index is 12.7. The van der Waals surface area contributed by atoms with E-state index < -0.39 is 0 Å². The van der Waals surface area contributed by atoms with E-state index in [1.807, 2.05) is 48.9 Å². The lowest BCUT2D eigenvalue weighted by molar-refractivity contribution is -0.122. The van der Waals surface area contributed by atoms with Gasteiger partial charge in [-0.15, -0.1) is 22.7 Å². The van der Waals surface area contributed by atoms with Crippen LogP contribution in [0.1, 0.15) is 23.5 Å². The Kier molecular flexibility index (Phi) is 5.41. The van der Waals surface area contributed by atoms with Gasteiger partial charge in [-0.1, -0.05) is 17.3 Å². The molecule has 4 rings (SSSR count). The lowest BCUT2D eigenvalue weighted by Gasteiger charge is -2.13. The average Bonchev–Trinajstić information content (AvgIpc) is 3.45. The molecule has 0 aromatic carbocycles. The number of aryl methyl sites for hydroxylation is 1. The molecule has 0 aliphatic carbocycles. The second-order valence-corrected chi connectivity index (χ2v) is 8.44. The highest BCUT2D eigenvalue weighted by Crippen LogP contribution is 2.32. The number of hydrogen-bond acceptors (Lipinski definition) is 7. The van der Waals surface area contributed by atoms with Crippen molar-refractivity contribution in [2.45, 2.75) is 26.4 Å². The van der Waals surface area contributed by atoms with E-state index in [1.165, 1.54) is 22.1 Å². The lowest BCUT2D eigenvalue weighted by atomic mass is 10.1. The Morgan fingerprint density at radius 2 is 2.03 bits per heavy atom. The molecule has 1 amide bonds. The van der Waals surface area contributed by atoms with Gasteiger partial charge in [0.1, 0.15) is 12.2 Å². The summed E-state index contributed by atoms with van der Waals surface area (Å²) in [6.07, 6.45) is 0. The molecule has 1 atom stereocenters. The van der Waals surface area contributed by atoms with E-state index in [1.54, 1.807) is 17.4 Å². The molecule has 1 N–H and O–H groups in total. The predicted octanol–water partition coefficient (Wildman–Crippen LogP) is 3.87. The topological polar surface area (TPSA) is 90.0 Å². The van der Waals surface area contributed by atoms with Crippen LogP contribution in [0.2, 0.25) is 0 Å². The van der Waals surface area contributed by atoms with Crippen molar-refractivity contribution in [1.29, 1.82) is 0 Å². The number of nitrogens with zero attached hydrogens (tertiary/aromatic N) is 3.